The quantitative estimate of drug-likeness (QED) is 0.830. The van der Waals surface area contributed by atoms with Gasteiger partial charge in [-0.3, -0.25) is 4.79 Å². The van der Waals surface area contributed by atoms with Crippen LogP contribution in [-0.4, -0.2) is 17.4 Å². The number of halogens is 2. The normalized spacial score (nSPS) is 12.5. The van der Waals surface area contributed by atoms with Crippen molar-refractivity contribution in [3.05, 3.63) is 52.5 Å². The molecule has 0 saturated heterocycles. The molecule has 4 nitrogen and oxygen atoms in total. The molecule has 2 unspecified atom stereocenters. The summed E-state index contributed by atoms with van der Waals surface area (Å²) in [5.74, 6) is -0.272. The molecule has 0 aliphatic heterocycles. The molecule has 1 aromatic carbocycles. The van der Waals surface area contributed by atoms with E-state index in [4.69, 9.17) is 5.73 Å². The Kier molecular flexibility index (Phi) is 10.0. The molecule has 0 aliphatic rings. The zero-order chi connectivity index (χ0) is 14.4. The summed E-state index contributed by atoms with van der Waals surface area (Å²) in [4.78, 5) is 16.3. The molecule has 1 heterocycles. The third-order valence-corrected chi connectivity index (χ3v) is 4.10. The summed E-state index contributed by atoms with van der Waals surface area (Å²) in [7, 11) is 0. The van der Waals surface area contributed by atoms with Gasteiger partial charge in [-0.25, -0.2) is 4.98 Å². The predicted molar refractivity (Wildman–Crippen MR) is 95.9 cm³/mol. The first kappa shape index (κ1) is 20.9. The van der Waals surface area contributed by atoms with Crippen LogP contribution >= 0.6 is 36.2 Å². The molecular weight excluding hydrogens is 341 g/mol. The van der Waals surface area contributed by atoms with E-state index in [2.05, 4.69) is 10.3 Å². The molecule has 0 radical (unpaired) electrons. The highest BCUT2D eigenvalue weighted by atomic mass is 35.5. The number of carbonyl (C=O) groups is 1. The highest BCUT2D eigenvalue weighted by molar-refractivity contribution is 7.09. The Morgan fingerprint density at radius 3 is 2.59 bits per heavy atom. The monoisotopic (exact) mass is 361 g/mol. The van der Waals surface area contributed by atoms with E-state index in [0.717, 1.165) is 17.0 Å². The van der Waals surface area contributed by atoms with Gasteiger partial charge in [0.15, 0.2) is 0 Å². The third kappa shape index (κ3) is 5.93. The second kappa shape index (κ2) is 10.6. The van der Waals surface area contributed by atoms with Crippen molar-refractivity contribution in [2.45, 2.75) is 19.4 Å². The highest BCUT2D eigenvalue weighted by Gasteiger charge is 2.21. The number of hydrogen-bond donors (Lipinski definition) is 2. The molecule has 0 aliphatic carbocycles. The van der Waals surface area contributed by atoms with Gasteiger partial charge in [-0.1, -0.05) is 37.3 Å². The van der Waals surface area contributed by atoms with E-state index in [1.807, 2.05) is 42.6 Å². The number of aromatic nitrogens is 1. The van der Waals surface area contributed by atoms with E-state index in [-0.39, 0.29) is 42.7 Å². The molecule has 2 rings (SSSR count). The number of benzene rings is 1. The summed E-state index contributed by atoms with van der Waals surface area (Å²) in [6, 6.07) is 9.42. The molecule has 1 amide bonds. The summed E-state index contributed by atoms with van der Waals surface area (Å²) in [6.07, 6.45) is 2.53. The van der Waals surface area contributed by atoms with Crippen molar-refractivity contribution in [2.75, 3.05) is 6.54 Å². The van der Waals surface area contributed by atoms with Crippen molar-refractivity contribution < 1.29 is 4.79 Å². The highest BCUT2D eigenvalue weighted by Crippen LogP contribution is 2.18. The van der Waals surface area contributed by atoms with Gasteiger partial charge >= 0.3 is 0 Å². The molecule has 122 valence electrons. The van der Waals surface area contributed by atoms with E-state index in [1.165, 1.54) is 0 Å². The summed E-state index contributed by atoms with van der Waals surface area (Å²) in [5, 5.41) is 5.89. The zero-order valence-electron chi connectivity index (χ0n) is 12.3. The van der Waals surface area contributed by atoms with E-state index in [1.54, 1.807) is 17.5 Å². The van der Waals surface area contributed by atoms with Crippen molar-refractivity contribution in [3.63, 3.8) is 0 Å². The first-order chi connectivity index (χ1) is 9.68. The van der Waals surface area contributed by atoms with Gasteiger partial charge in [0, 0.05) is 30.6 Å². The molecule has 2 aromatic rings. The van der Waals surface area contributed by atoms with E-state index >= 15 is 0 Å². The maximum Gasteiger partial charge on any atom is 0.224 e. The molecule has 0 fully saturated rings. The van der Waals surface area contributed by atoms with E-state index in [0.29, 0.717) is 6.54 Å². The standard InChI is InChI=1S/C15H19N3OS.2ClH/c1-11(14(16)12-5-3-2-4-6-12)15(19)18-8-7-13-17-9-10-20-13;;/h2-6,9-11,14H,7-8,16H2,1H3,(H,18,19);2*1H. The lowest BCUT2D eigenvalue weighted by Gasteiger charge is -2.19. The van der Waals surface area contributed by atoms with Crippen LogP contribution in [0.1, 0.15) is 23.5 Å². The van der Waals surface area contributed by atoms with Crippen molar-refractivity contribution in [1.29, 1.82) is 0 Å². The summed E-state index contributed by atoms with van der Waals surface area (Å²) >= 11 is 1.60. The number of carbonyl (C=O) groups excluding carboxylic acids is 1. The van der Waals surface area contributed by atoms with Crippen molar-refractivity contribution in [3.8, 4) is 0 Å². The molecule has 22 heavy (non-hydrogen) atoms. The van der Waals surface area contributed by atoms with Gasteiger partial charge in [0.1, 0.15) is 0 Å². The van der Waals surface area contributed by atoms with Gasteiger partial charge in [0.05, 0.1) is 10.9 Å². The number of nitrogens with two attached hydrogens (primary N) is 1. The van der Waals surface area contributed by atoms with Gasteiger partial charge in [-0.2, -0.15) is 0 Å². The van der Waals surface area contributed by atoms with Gasteiger partial charge in [0.25, 0.3) is 0 Å². The number of hydrogen-bond acceptors (Lipinski definition) is 4. The van der Waals surface area contributed by atoms with E-state index < -0.39 is 0 Å². The van der Waals surface area contributed by atoms with Crippen LogP contribution in [-0.2, 0) is 11.2 Å². The average molecular weight is 362 g/mol. The van der Waals surface area contributed by atoms with Crippen molar-refractivity contribution in [1.82, 2.24) is 10.3 Å². The predicted octanol–water partition coefficient (Wildman–Crippen LogP) is 2.98. The lowest BCUT2D eigenvalue weighted by atomic mass is 9.95. The zero-order valence-corrected chi connectivity index (χ0v) is 14.7. The molecule has 1 aromatic heterocycles. The van der Waals surface area contributed by atoms with Crippen molar-refractivity contribution >= 4 is 42.1 Å². The molecule has 7 heteroatoms. The van der Waals surface area contributed by atoms with Crippen LogP contribution < -0.4 is 11.1 Å². The minimum absolute atomic E-state index is 0. The maximum absolute atomic E-state index is 12.1. The summed E-state index contributed by atoms with van der Waals surface area (Å²) in [5.41, 5.74) is 7.12. The van der Waals surface area contributed by atoms with Crippen LogP contribution in [0, 0.1) is 5.92 Å². The molecule has 0 spiro atoms. The summed E-state index contributed by atoms with van der Waals surface area (Å²) < 4.78 is 0. The molecule has 2 atom stereocenters. The van der Waals surface area contributed by atoms with Crippen LogP contribution in [0.15, 0.2) is 41.9 Å². The Morgan fingerprint density at radius 1 is 1.32 bits per heavy atom. The number of thiazole rings is 1. The van der Waals surface area contributed by atoms with Crippen LogP contribution in [0.5, 0.6) is 0 Å². The Hall–Kier alpha value is -1.14. The van der Waals surface area contributed by atoms with Crippen molar-refractivity contribution in [2.24, 2.45) is 11.7 Å². The Bertz CT molecular complexity index is 537. The third-order valence-electron chi connectivity index (χ3n) is 3.26. The fourth-order valence-corrected chi connectivity index (χ4v) is 2.58. The molecule has 0 bridgehead atoms. The van der Waals surface area contributed by atoms with E-state index in [9.17, 15) is 4.79 Å². The first-order valence-corrected chi connectivity index (χ1v) is 7.53. The maximum atomic E-state index is 12.1. The second-order valence-electron chi connectivity index (χ2n) is 4.69. The fraction of sp³-hybridized carbons (Fsp3) is 0.333. The van der Waals surface area contributed by atoms with Crippen LogP contribution in [0.25, 0.3) is 0 Å². The fourth-order valence-electron chi connectivity index (χ4n) is 1.96. The van der Waals surface area contributed by atoms with Gasteiger partial charge in [-0.15, -0.1) is 36.2 Å². The topological polar surface area (TPSA) is 68.0 Å². The largest absolute Gasteiger partial charge is 0.355 e. The minimum Gasteiger partial charge on any atom is -0.355 e. The Balaban J connectivity index is 0.00000220. The molecule has 0 saturated carbocycles. The Morgan fingerprint density at radius 2 is 2.00 bits per heavy atom. The SMILES string of the molecule is CC(C(=O)NCCc1nccs1)C(N)c1ccccc1.Cl.Cl. The molecule has 3 N–H and O–H groups in total. The number of rotatable bonds is 6. The number of nitrogens with one attached hydrogen (secondary N) is 1. The minimum atomic E-state index is -0.281. The lowest BCUT2D eigenvalue weighted by Crippen LogP contribution is -2.36. The summed E-state index contributed by atoms with van der Waals surface area (Å²) in [6.45, 7) is 2.45. The molecular formula is C15H21Cl2N3OS. The second-order valence-corrected chi connectivity index (χ2v) is 5.67. The smallest absolute Gasteiger partial charge is 0.224 e. The van der Waals surface area contributed by atoms with Crippen LogP contribution in [0.3, 0.4) is 0 Å². The van der Waals surface area contributed by atoms with Crippen LogP contribution in [0.2, 0.25) is 0 Å². The van der Waals surface area contributed by atoms with Gasteiger partial charge in [-0.05, 0) is 5.56 Å². The first-order valence-electron chi connectivity index (χ1n) is 6.65. The van der Waals surface area contributed by atoms with Crippen LogP contribution in [0.4, 0.5) is 0 Å². The van der Waals surface area contributed by atoms with Gasteiger partial charge < -0.3 is 11.1 Å². The lowest BCUT2D eigenvalue weighted by molar-refractivity contribution is -0.125. The number of nitrogens with zero attached hydrogens (tertiary/aromatic N) is 1. The Labute approximate surface area is 147 Å². The average Bonchev–Trinajstić information content (AvgIpc) is 2.99. The number of amides is 1. The van der Waals surface area contributed by atoms with Gasteiger partial charge in [0.2, 0.25) is 5.91 Å².